The van der Waals surface area contributed by atoms with Crippen molar-refractivity contribution in [2.24, 2.45) is 0 Å². The highest BCUT2D eigenvalue weighted by Gasteiger charge is 2.36. The molecular weight excluding hydrogens is 416 g/mol. The largest absolute Gasteiger partial charge is 0.469 e. The predicted molar refractivity (Wildman–Crippen MR) is 139 cm³/mol. The molecule has 0 aromatic rings. The van der Waals surface area contributed by atoms with Crippen molar-refractivity contribution in [3.8, 4) is 0 Å². The van der Waals surface area contributed by atoms with Crippen LogP contribution >= 0.6 is 0 Å². The van der Waals surface area contributed by atoms with E-state index in [1.165, 1.54) is 26.4 Å². The van der Waals surface area contributed by atoms with Crippen molar-refractivity contribution in [2.75, 3.05) is 33.3 Å². The molecule has 0 spiro atoms. The fourth-order valence-corrected chi connectivity index (χ4v) is 5.01. The summed E-state index contributed by atoms with van der Waals surface area (Å²) in [6.07, 6.45) is 10.6. The first-order valence-corrected chi connectivity index (χ1v) is 13.8. The van der Waals surface area contributed by atoms with Gasteiger partial charge in [-0.05, 0) is 45.4 Å². The van der Waals surface area contributed by atoms with Gasteiger partial charge in [-0.25, -0.2) is 0 Å². The van der Waals surface area contributed by atoms with Crippen molar-refractivity contribution in [3.05, 3.63) is 0 Å². The van der Waals surface area contributed by atoms with Crippen LogP contribution in [0.3, 0.4) is 0 Å². The minimum atomic E-state index is -0.749. The molecule has 0 amide bonds. The summed E-state index contributed by atoms with van der Waals surface area (Å²) in [5.74, 6) is -0.133. The molecule has 6 nitrogen and oxygen atoms in total. The smallest absolute Gasteiger partial charge is 0.305 e. The van der Waals surface area contributed by atoms with E-state index in [2.05, 4.69) is 44.4 Å². The number of likely N-dealkylation sites (N-methyl/N-ethyl adjacent to an activating group) is 2. The lowest BCUT2D eigenvalue weighted by Gasteiger charge is -2.41. The number of unbranched alkanes of at least 4 members (excludes halogenated alkanes) is 7. The lowest BCUT2D eigenvalue weighted by atomic mass is 9.90. The second-order valence-electron chi connectivity index (χ2n) is 9.29. The standard InChI is InChI=1S/C27H56N2O4/c1-7-12-13-17-20-23(28(8-2)9-3)26(31)27(32)24(29(10-4)11-5)21-18-15-14-16-19-22-25(30)33-6/h23-24,26-27,31-32H,7-22H2,1-6H3. The molecule has 0 bridgehead atoms. The van der Waals surface area contributed by atoms with Crippen LogP contribution in [0, 0.1) is 0 Å². The molecule has 0 aliphatic rings. The Balaban J connectivity index is 5.00. The molecule has 0 aromatic carbocycles. The molecule has 6 heteroatoms. The third-order valence-corrected chi connectivity index (χ3v) is 7.16. The minimum absolute atomic E-state index is 0.00300. The van der Waals surface area contributed by atoms with Crippen LogP contribution in [-0.2, 0) is 9.53 Å². The topological polar surface area (TPSA) is 73.2 Å². The average molecular weight is 473 g/mol. The molecule has 33 heavy (non-hydrogen) atoms. The summed E-state index contributed by atoms with van der Waals surface area (Å²) in [6, 6.07) is -0.0259. The van der Waals surface area contributed by atoms with Crippen LogP contribution in [0.25, 0.3) is 0 Å². The Hall–Kier alpha value is -0.690. The lowest BCUT2D eigenvalue weighted by Crippen LogP contribution is -2.56. The maximum Gasteiger partial charge on any atom is 0.305 e. The van der Waals surface area contributed by atoms with Crippen molar-refractivity contribution in [3.63, 3.8) is 0 Å². The minimum Gasteiger partial charge on any atom is -0.469 e. The number of aliphatic hydroxyl groups excluding tert-OH is 2. The van der Waals surface area contributed by atoms with E-state index >= 15 is 0 Å². The summed E-state index contributed by atoms with van der Waals surface area (Å²) in [7, 11) is 1.44. The molecule has 0 fully saturated rings. The number of methoxy groups -OCH3 is 1. The predicted octanol–water partition coefficient (Wildman–Crippen LogP) is 5.00. The molecule has 0 saturated carbocycles. The Morgan fingerprint density at radius 1 is 0.667 bits per heavy atom. The maximum atomic E-state index is 11.4. The Morgan fingerprint density at radius 3 is 1.45 bits per heavy atom. The Kier molecular flexibility index (Phi) is 20.2. The first kappa shape index (κ1) is 32.3. The Labute approximate surface area is 205 Å². The second kappa shape index (κ2) is 20.7. The molecular formula is C27H56N2O4. The molecule has 0 heterocycles. The monoisotopic (exact) mass is 472 g/mol. The summed E-state index contributed by atoms with van der Waals surface area (Å²) in [4.78, 5) is 15.9. The third-order valence-electron chi connectivity index (χ3n) is 7.16. The molecule has 0 aliphatic carbocycles. The van der Waals surface area contributed by atoms with E-state index in [-0.39, 0.29) is 18.1 Å². The van der Waals surface area contributed by atoms with Gasteiger partial charge in [-0.2, -0.15) is 0 Å². The summed E-state index contributed by atoms with van der Waals surface area (Å²) in [5, 5.41) is 22.7. The van der Waals surface area contributed by atoms with E-state index < -0.39 is 12.2 Å². The molecule has 4 unspecified atom stereocenters. The molecule has 2 N–H and O–H groups in total. The van der Waals surface area contributed by atoms with Crippen LogP contribution in [0.15, 0.2) is 0 Å². The van der Waals surface area contributed by atoms with Gasteiger partial charge < -0.3 is 14.9 Å². The van der Waals surface area contributed by atoms with Crippen LogP contribution in [-0.4, -0.2) is 83.6 Å². The first-order chi connectivity index (χ1) is 15.9. The van der Waals surface area contributed by atoms with Gasteiger partial charge in [0.05, 0.1) is 19.3 Å². The maximum absolute atomic E-state index is 11.4. The lowest BCUT2D eigenvalue weighted by molar-refractivity contribution is -0.140. The molecule has 0 aliphatic heterocycles. The highest BCUT2D eigenvalue weighted by atomic mass is 16.5. The van der Waals surface area contributed by atoms with Crippen LogP contribution in [0.2, 0.25) is 0 Å². The number of aliphatic hydroxyl groups is 2. The van der Waals surface area contributed by atoms with Gasteiger partial charge in [-0.1, -0.05) is 86.0 Å². The van der Waals surface area contributed by atoms with Gasteiger partial charge in [0.1, 0.15) is 0 Å². The van der Waals surface area contributed by atoms with Crippen molar-refractivity contribution in [2.45, 2.75) is 136 Å². The number of nitrogens with zero attached hydrogens (tertiary/aromatic N) is 2. The van der Waals surface area contributed by atoms with Crippen molar-refractivity contribution in [1.82, 2.24) is 9.80 Å². The van der Waals surface area contributed by atoms with Crippen LogP contribution in [0.5, 0.6) is 0 Å². The van der Waals surface area contributed by atoms with Crippen LogP contribution in [0.1, 0.15) is 112 Å². The number of hydrogen-bond acceptors (Lipinski definition) is 6. The zero-order valence-corrected chi connectivity index (χ0v) is 22.7. The van der Waals surface area contributed by atoms with Crippen molar-refractivity contribution >= 4 is 5.97 Å². The van der Waals surface area contributed by atoms with E-state index in [1.807, 2.05) is 0 Å². The Bertz CT molecular complexity index is 455. The number of ether oxygens (including phenoxy) is 1. The van der Waals surface area contributed by atoms with E-state index in [1.54, 1.807) is 0 Å². The van der Waals surface area contributed by atoms with Crippen molar-refractivity contribution in [1.29, 1.82) is 0 Å². The van der Waals surface area contributed by atoms with Gasteiger partial charge >= 0.3 is 5.97 Å². The molecule has 0 saturated heterocycles. The van der Waals surface area contributed by atoms with Gasteiger partial charge in [-0.15, -0.1) is 0 Å². The molecule has 0 radical (unpaired) electrons. The SMILES string of the molecule is CCCCCCC(C(O)C(O)C(CCCCCCCC(=O)OC)N(CC)CC)N(CC)CC. The fourth-order valence-electron chi connectivity index (χ4n) is 5.01. The summed E-state index contributed by atoms with van der Waals surface area (Å²) in [6.45, 7) is 14.3. The van der Waals surface area contributed by atoms with Gasteiger partial charge in [-0.3, -0.25) is 14.6 Å². The highest BCUT2D eigenvalue weighted by Crippen LogP contribution is 2.23. The fraction of sp³-hybridized carbons (Fsp3) is 0.963. The van der Waals surface area contributed by atoms with Crippen LogP contribution < -0.4 is 0 Å². The summed E-state index contributed by atoms with van der Waals surface area (Å²) < 4.78 is 4.70. The number of rotatable bonds is 22. The number of carbonyl (C=O) groups excluding carboxylic acids is 1. The summed E-state index contributed by atoms with van der Waals surface area (Å²) >= 11 is 0. The second-order valence-corrected chi connectivity index (χ2v) is 9.29. The third kappa shape index (κ3) is 13.1. The average Bonchev–Trinajstić information content (AvgIpc) is 2.83. The van der Waals surface area contributed by atoms with E-state index in [4.69, 9.17) is 4.74 Å². The van der Waals surface area contributed by atoms with E-state index in [0.717, 1.165) is 77.5 Å². The van der Waals surface area contributed by atoms with Gasteiger partial charge in [0, 0.05) is 18.5 Å². The Morgan fingerprint density at radius 2 is 1.06 bits per heavy atom. The number of hydrogen-bond donors (Lipinski definition) is 2. The normalized spacial score (nSPS) is 15.6. The van der Waals surface area contributed by atoms with Gasteiger partial charge in [0.25, 0.3) is 0 Å². The first-order valence-electron chi connectivity index (χ1n) is 13.8. The van der Waals surface area contributed by atoms with Gasteiger partial charge in [0.15, 0.2) is 0 Å². The molecule has 198 valence electrons. The molecule has 0 aromatic heterocycles. The number of carbonyl (C=O) groups is 1. The molecule has 0 rings (SSSR count). The highest BCUT2D eigenvalue weighted by molar-refractivity contribution is 5.68. The zero-order chi connectivity index (χ0) is 25.1. The van der Waals surface area contributed by atoms with Gasteiger partial charge in [0.2, 0.25) is 0 Å². The van der Waals surface area contributed by atoms with E-state index in [9.17, 15) is 15.0 Å². The zero-order valence-electron chi connectivity index (χ0n) is 22.7. The number of esters is 1. The van der Waals surface area contributed by atoms with Crippen molar-refractivity contribution < 1.29 is 19.7 Å². The van der Waals surface area contributed by atoms with E-state index in [0.29, 0.717) is 6.42 Å². The molecule has 4 atom stereocenters. The van der Waals surface area contributed by atoms with Crippen LogP contribution in [0.4, 0.5) is 0 Å². The quantitative estimate of drug-likeness (QED) is 0.171. The summed E-state index contributed by atoms with van der Waals surface area (Å²) in [5.41, 5.74) is 0.